The van der Waals surface area contributed by atoms with Gasteiger partial charge in [-0.2, -0.15) is 0 Å². The van der Waals surface area contributed by atoms with Crippen molar-refractivity contribution in [3.8, 4) is 11.6 Å². The highest BCUT2D eigenvalue weighted by Gasteiger charge is 2.10. The van der Waals surface area contributed by atoms with Gasteiger partial charge in [-0.05, 0) is 49.2 Å². The van der Waals surface area contributed by atoms with E-state index in [-0.39, 0.29) is 6.61 Å². The van der Waals surface area contributed by atoms with Crippen LogP contribution >= 0.6 is 11.6 Å². The van der Waals surface area contributed by atoms with Gasteiger partial charge in [-0.1, -0.05) is 11.6 Å². The maximum Gasteiger partial charge on any atom is 0.224 e. The average molecular weight is 264 g/mol. The third-order valence-corrected chi connectivity index (χ3v) is 2.86. The molecule has 4 heteroatoms. The smallest absolute Gasteiger partial charge is 0.224 e. The topological polar surface area (TPSA) is 42.4 Å². The Morgan fingerprint density at radius 3 is 2.56 bits per heavy atom. The molecule has 1 aromatic carbocycles. The molecule has 0 unspecified atom stereocenters. The number of halogens is 1. The van der Waals surface area contributed by atoms with Gasteiger partial charge in [0.25, 0.3) is 0 Å². The van der Waals surface area contributed by atoms with Crippen LogP contribution in [0, 0.1) is 13.8 Å². The number of aliphatic hydroxyl groups excluding tert-OH is 1. The van der Waals surface area contributed by atoms with Gasteiger partial charge in [-0.15, -0.1) is 0 Å². The first kappa shape index (κ1) is 12.9. The molecule has 1 heterocycles. The fraction of sp³-hybridized carbons (Fsp3) is 0.214. The highest BCUT2D eigenvalue weighted by atomic mass is 35.5. The molecule has 2 rings (SSSR count). The van der Waals surface area contributed by atoms with Crippen LogP contribution in [-0.4, -0.2) is 10.1 Å². The molecule has 0 aliphatic heterocycles. The van der Waals surface area contributed by atoms with Gasteiger partial charge in [-0.25, -0.2) is 4.98 Å². The summed E-state index contributed by atoms with van der Waals surface area (Å²) in [7, 11) is 0. The predicted octanol–water partition coefficient (Wildman–Crippen LogP) is 3.64. The number of rotatable bonds is 3. The van der Waals surface area contributed by atoms with Crippen molar-refractivity contribution in [2.75, 3.05) is 0 Å². The van der Waals surface area contributed by atoms with Crippen molar-refractivity contribution in [3.63, 3.8) is 0 Å². The second-order valence-electron chi connectivity index (χ2n) is 4.10. The summed E-state index contributed by atoms with van der Waals surface area (Å²) in [5.41, 5.74) is 2.54. The van der Waals surface area contributed by atoms with Crippen LogP contribution in [0.3, 0.4) is 0 Å². The third-order valence-electron chi connectivity index (χ3n) is 2.64. The molecule has 18 heavy (non-hydrogen) atoms. The lowest BCUT2D eigenvalue weighted by Crippen LogP contribution is -1.97. The van der Waals surface area contributed by atoms with E-state index in [1.165, 1.54) is 0 Å². The number of aromatic nitrogens is 1. The number of pyridine rings is 1. The number of hydrogen-bond acceptors (Lipinski definition) is 3. The van der Waals surface area contributed by atoms with Crippen LogP contribution in [-0.2, 0) is 6.61 Å². The van der Waals surface area contributed by atoms with Gasteiger partial charge in [0.05, 0.1) is 6.61 Å². The lowest BCUT2D eigenvalue weighted by molar-refractivity contribution is 0.275. The zero-order valence-corrected chi connectivity index (χ0v) is 11.0. The molecule has 0 spiro atoms. The van der Waals surface area contributed by atoms with E-state index in [0.717, 1.165) is 16.9 Å². The van der Waals surface area contributed by atoms with Crippen molar-refractivity contribution >= 4 is 11.6 Å². The summed E-state index contributed by atoms with van der Waals surface area (Å²) in [5, 5.41) is 9.92. The average Bonchev–Trinajstić information content (AvgIpc) is 2.34. The number of benzene rings is 1. The lowest BCUT2D eigenvalue weighted by Gasteiger charge is -2.13. The predicted molar refractivity (Wildman–Crippen MR) is 71.2 cm³/mol. The maximum absolute atomic E-state index is 9.24. The Balaban J connectivity index is 2.40. The van der Waals surface area contributed by atoms with Gasteiger partial charge in [-0.3, -0.25) is 0 Å². The molecule has 1 N–H and O–H groups in total. The van der Waals surface area contributed by atoms with Gasteiger partial charge >= 0.3 is 0 Å². The molecular formula is C14H14ClNO2. The van der Waals surface area contributed by atoms with Crippen LogP contribution < -0.4 is 4.74 Å². The Hall–Kier alpha value is -1.58. The first-order chi connectivity index (χ1) is 8.61. The first-order valence-electron chi connectivity index (χ1n) is 5.61. The Morgan fingerprint density at radius 2 is 1.94 bits per heavy atom. The van der Waals surface area contributed by atoms with Crippen LogP contribution in [0.4, 0.5) is 0 Å². The minimum atomic E-state index is -0.102. The van der Waals surface area contributed by atoms with Crippen molar-refractivity contribution in [1.29, 1.82) is 0 Å². The van der Waals surface area contributed by atoms with Gasteiger partial charge in [0.2, 0.25) is 5.88 Å². The summed E-state index contributed by atoms with van der Waals surface area (Å²) in [6, 6.07) is 7.22. The second-order valence-corrected chi connectivity index (χ2v) is 4.53. The Bertz CT molecular complexity index is 546. The Labute approximate surface area is 111 Å². The van der Waals surface area contributed by atoms with Crippen LogP contribution in [0.5, 0.6) is 11.6 Å². The van der Waals surface area contributed by atoms with Crippen molar-refractivity contribution in [2.24, 2.45) is 0 Å². The summed E-state index contributed by atoms with van der Waals surface area (Å²) in [5.74, 6) is 1.15. The second kappa shape index (κ2) is 5.38. The van der Waals surface area contributed by atoms with Gasteiger partial charge in [0.15, 0.2) is 0 Å². The lowest BCUT2D eigenvalue weighted by atomic mass is 10.1. The molecule has 0 saturated heterocycles. The van der Waals surface area contributed by atoms with E-state index in [1.807, 2.05) is 26.0 Å². The SMILES string of the molecule is Cc1cc(Cl)cc(C)c1Oc1ncccc1CO. The molecule has 0 aliphatic rings. The molecule has 0 fully saturated rings. The number of aryl methyl sites for hydroxylation is 2. The van der Waals surface area contributed by atoms with Crippen LogP contribution in [0.15, 0.2) is 30.5 Å². The fourth-order valence-corrected chi connectivity index (χ4v) is 2.12. The minimum absolute atomic E-state index is 0.102. The Morgan fingerprint density at radius 1 is 1.28 bits per heavy atom. The number of nitrogens with zero attached hydrogens (tertiary/aromatic N) is 1. The van der Waals surface area contributed by atoms with Crippen molar-refractivity contribution < 1.29 is 9.84 Å². The zero-order chi connectivity index (χ0) is 13.1. The fourth-order valence-electron chi connectivity index (χ4n) is 1.79. The molecule has 94 valence electrons. The van der Waals surface area contributed by atoms with Crippen LogP contribution in [0.1, 0.15) is 16.7 Å². The molecule has 0 aliphatic carbocycles. The summed E-state index contributed by atoms with van der Waals surface area (Å²) < 4.78 is 5.79. The van der Waals surface area contributed by atoms with E-state index >= 15 is 0 Å². The van der Waals surface area contributed by atoms with E-state index in [9.17, 15) is 5.11 Å². The van der Waals surface area contributed by atoms with Crippen LogP contribution in [0.25, 0.3) is 0 Å². The number of hydrogen-bond donors (Lipinski definition) is 1. The summed E-state index contributed by atoms with van der Waals surface area (Å²) in [6.45, 7) is 3.75. The molecule has 0 radical (unpaired) electrons. The largest absolute Gasteiger partial charge is 0.438 e. The van der Waals surface area contributed by atoms with E-state index in [2.05, 4.69) is 4.98 Å². The summed E-state index contributed by atoms with van der Waals surface area (Å²) >= 11 is 5.97. The van der Waals surface area contributed by atoms with Crippen LogP contribution in [0.2, 0.25) is 5.02 Å². The maximum atomic E-state index is 9.24. The molecular weight excluding hydrogens is 250 g/mol. The van der Waals surface area contributed by atoms with Gasteiger partial charge in [0, 0.05) is 16.8 Å². The minimum Gasteiger partial charge on any atom is -0.438 e. The molecule has 3 nitrogen and oxygen atoms in total. The van der Waals surface area contributed by atoms with Crippen molar-refractivity contribution in [2.45, 2.75) is 20.5 Å². The monoisotopic (exact) mass is 263 g/mol. The molecule has 2 aromatic rings. The summed E-state index contributed by atoms with van der Waals surface area (Å²) in [4.78, 5) is 4.13. The van der Waals surface area contributed by atoms with Gasteiger partial charge in [0.1, 0.15) is 5.75 Å². The highest BCUT2D eigenvalue weighted by molar-refractivity contribution is 6.30. The number of ether oxygens (including phenoxy) is 1. The van der Waals surface area contributed by atoms with Gasteiger partial charge < -0.3 is 9.84 Å². The first-order valence-corrected chi connectivity index (χ1v) is 5.99. The number of aliphatic hydroxyl groups is 1. The Kier molecular flexibility index (Phi) is 3.84. The van der Waals surface area contributed by atoms with E-state index in [4.69, 9.17) is 16.3 Å². The molecule has 0 bridgehead atoms. The van der Waals surface area contributed by atoms with Crippen molar-refractivity contribution in [1.82, 2.24) is 4.98 Å². The quantitative estimate of drug-likeness (QED) is 0.919. The molecule has 0 amide bonds. The van der Waals surface area contributed by atoms with E-state index < -0.39 is 0 Å². The zero-order valence-electron chi connectivity index (χ0n) is 10.3. The molecule has 0 atom stereocenters. The highest BCUT2D eigenvalue weighted by Crippen LogP contribution is 2.31. The molecule has 1 aromatic heterocycles. The molecule has 0 saturated carbocycles. The normalized spacial score (nSPS) is 10.4. The third kappa shape index (κ3) is 2.63. The summed E-state index contributed by atoms with van der Waals surface area (Å²) in [6.07, 6.45) is 1.63. The van der Waals surface area contributed by atoms with E-state index in [0.29, 0.717) is 16.5 Å². The van der Waals surface area contributed by atoms with Crippen molar-refractivity contribution in [3.05, 3.63) is 52.2 Å². The van der Waals surface area contributed by atoms with E-state index in [1.54, 1.807) is 18.3 Å². The standard InChI is InChI=1S/C14H14ClNO2/c1-9-6-12(15)7-10(2)13(9)18-14-11(8-17)4-3-5-16-14/h3-7,17H,8H2,1-2H3.